The number of nitrogens with one attached hydrogen (secondary N) is 2. The largest absolute Gasteiger partial charge is 0.302 e. The summed E-state index contributed by atoms with van der Waals surface area (Å²) in [7, 11) is 0. The van der Waals surface area contributed by atoms with E-state index in [1.54, 1.807) is 6.20 Å². The van der Waals surface area contributed by atoms with Crippen molar-refractivity contribution >= 4 is 39.9 Å². The zero-order valence-electron chi connectivity index (χ0n) is 9.55. The molecule has 0 saturated heterocycles. The molecule has 0 saturated carbocycles. The van der Waals surface area contributed by atoms with E-state index in [1.807, 2.05) is 0 Å². The van der Waals surface area contributed by atoms with Crippen molar-refractivity contribution in [3.05, 3.63) is 12.0 Å². The molecule has 0 radical (unpaired) electrons. The molecule has 94 valence electrons. The van der Waals surface area contributed by atoms with Gasteiger partial charge in [0, 0.05) is 13.8 Å². The molecule has 18 heavy (non-hydrogen) atoms. The van der Waals surface area contributed by atoms with Gasteiger partial charge in [0.05, 0.1) is 10.4 Å². The van der Waals surface area contributed by atoms with Crippen LogP contribution in [0.2, 0.25) is 0 Å². The Kier molecular flexibility index (Phi) is 3.72. The van der Waals surface area contributed by atoms with E-state index < -0.39 is 0 Å². The summed E-state index contributed by atoms with van der Waals surface area (Å²) in [5, 5.41) is 10.00. The molecule has 2 rings (SSSR count). The molecule has 0 unspecified atom stereocenters. The van der Waals surface area contributed by atoms with Crippen molar-refractivity contribution < 1.29 is 9.59 Å². The summed E-state index contributed by atoms with van der Waals surface area (Å²) in [4.78, 5) is 29.9. The topological polar surface area (TPSA) is 101 Å². The number of nitrogens with zero attached hydrogens (tertiary/aromatic N) is 3. The predicted octanol–water partition coefficient (Wildman–Crippen LogP) is 1.57. The molecule has 0 fully saturated rings. The first-order valence-electron chi connectivity index (χ1n) is 4.89. The second-order valence-electron chi connectivity index (χ2n) is 3.29. The molecule has 0 bridgehead atoms. The van der Waals surface area contributed by atoms with Gasteiger partial charge >= 0.3 is 0 Å². The lowest BCUT2D eigenvalue weighted by Crippen LogP contribution is -2.04. The molecule has 0 aliphatic heterocycles. The van der Waals surface area contributed by atoms with Crippen LogP contribution in [0.4, 0.5) is 5.13 Å². The molecule has 0 aromatic carbocycles. The highest BCUT2D eigenvalue weighted by molar-refractivity contribution is 8.01. The number of anilines is 1. The number of aromatic amines is 1. The van der Waals surface area contributed by atoms with Crippen molar-refractivity contribution in [3.63, 3.8) is 0 Å². The zero-order valence-corrected chi connectivity index (χ0v) is 11.2. The number of rotatable bonds is 4. The lowest BCUT2D eigenvalue weighted by molar-refractivity contribution is -0.114. The molecule has 1 amide bonds. The van der Waals surface area contributed by atoms with Crippen LogP contribution in [-0.2, 0) is 4.79 Å². The molecular formula is C9H9N5O2S2. The molecule has 0 aliphatic carbocycles. The first-order chi connectivity index (χ1) is 8.54. The molecule has 2 aromatic heterocycles. The summed E-state index contributed by atoms with van der Waals surface area (Å²) in [6, 6.07) is 0. The van der Waals surface area contributed by atoms with E-state index in [2.05, 4.69) is 25.5 Å². The van der Waals surface area contributed by atoms with E-state index in [0.29, 0.717) is 10.3 Å². The van der Waals surface area contributed by atoms with E-state index in [1.165, 1.54) is 36.9 Å². The molecular weight excluding hydrogens is 274 g/mol. The number of aromatic nitrogens is 4. The van der Waals surface area contributed by atoms with Gasteiger partial charge in [0.25, 0.3) is 0 Å². The van der Waals surface area contributed by atoms with E-state index in [4.69, 9.17) is 0 Å². The van der Waals surface area contributed by atoms with Crippen LogP contribution >= 0.6 is 23.1 Å². The SMILES string of the molecule is CC(=O)Nc1ncc(Sc2n[nH]c(C(C)=O)n2)s1. The Morgan fingerprint density at radius 1 is 1.44 bits per heavy atom. The van der Waals surface area contributed by atoms with E-state index >= 15 is 0 Å². The lowest BCUT2D eigenvalue weighted by atomic mass is 10.4. The molecule has 2 heterocycles. The molecule has 0 atom stereocenters. The smallest absolute Gasteiger partial charge is 0.223 e. The van der Waals surface area contributed by atoms with E-state index in [-0.39, 0.29) is 17.5 Å². The molecule has 2 aromatic rings. The fraction of sp³-hybridized carbons (Fsp3) is 0.222. The number of H-pyrrole nitrogens is 1. The van der Waals surface area contributed by atoms with Gasteiger partial charge in [-0.05, 0) is 11.8 Å². The fourth-order valence-electron chi connectivity index (χ4n) is 1.05. The van der Waals surface area contributed by atoms with Crippen molar-refractivity contribution in [1.82, 2.24) is 20.2 Å². The summed E-state index contributed by atoms with van der Waals surface area (Å²) >= 11 is 2.59. The summed E-state index contributed by atoms with van der Waals surface area (Å²) < 4.78 is 0.827. The monoisotopic (exact) mass is 283 g/mol. The highest BCUT2D eigenvalue weighted by Gasteiger charge is 2.10. The Bertz CT molecular complexity index is 591. The fourth-order valence-corrected chi connectivity index (χ4v) is 2.79. The van der Waals surface area contributed by atoms with Gasteiger partial charge in [-0.2, -0.15) is 4.98 Å². The standard InChI is InChI=1S/C9H9N5O2S2/c1-4(15)7-12-9(14-13-7)18-6-3-10-8(17-6)11-5(2)16/h3H,1-2H3,(H,10,11,16)(H,12,13,14). The lowest BCUT2D eigenvalue weighted by Gasteiger charge is -1.92. The summed E-state index contributed by atoms with van der Waals surface area (Å²) in [5.74, 6) is -0.112. The highest BCUT2D eigenvalue weighted by Crippen LogP contribution is 2.31. The van der Waals surface area contributed by atoms with Gasteiger partial charge in [0.15, 0.2) is 16.7 Å². The second kappa shape index (κ2) is 5.27. The highest BCUT2D eigenvalue weighted by atomic mass is 32.2. The number of thiazole rings is 1. The van der Waals surface area contributed by atoms with Crippen molar-refractivity contribution in [2.75, 3.05) is 5.32 Å². The van der Waals surface area contributed by atoms with Crippen LogP contribution in [0.25, 0.3) is 0 Å². The van der Waals surface area contributed by atoms with E-state index in [9.17, 15) is 9.59 Å². The molecule has 7 nitrogen and oxygen atoms in total. The van der Waals surface area contributed by atoms with Crippen molar-refractivity contribution in [3.8, 4) is 0 Å². The number of ketones is 1. The van der Waals surface area contributed by atoms with Gasteiger partial charge in [0.1, 0.15) is 0 Å². The maximum atomic E-state index is 11.0. The number of carbonyl (C=O) groups is 2. The Morgan fingerprint density at radius 2 is 2.22 bits per heavy atom. The first-order valence-corrected chi connectivity index (χ1v) is 6.52. The van der Waals surface area contributed by atoms with Gasteiger partial charge in [0.2, 0.25) is 11.1 Å². The van der Waals surface area contributed by atoms with Gasteiger partial charge < -0.3 is 5.32 Å². The predicted molar refractivity (Wildman–Crippen MR) is 66.9 cm³/mol. The first kappa shape index (κ1) is 12.7. The van der Waals surface area contributed by atoms with Crippen molar-refractivity contribution in [2.45, 2.75) is 23.2 Å². The van der Waals surface area contributed by atoms with Crippen LogP contribution in [-0.4, -0.2) is 31.9 Å². The third-order valence-electron chi connectivity index (χ3n) is 1.76. The average molecular weight is 283 g/mol. The molecule has 0 spiro atoms. The van der Waals surface area contributed by atoms with Crippen molar-refractivity contribution in [1.29, 1.82) is 0 Å². The number of Topliss-reactive ketones (excluding diaryl/α,β-unsaturated/α-hetero) is 1. The van der Waals surface area contributed by atoms with Crippen molar-refractivity contribution in [2.24, 2.45) is 0 Å². The minimum Gasteiger partial charge on any atom is -0.302 e. The second-order valence-corrected chi connectivity index (χ2v) is 5.59. The number of carbonyl (C=O) groups excluding carboxylic acids is 2. The van der Waals surface area contributed by atoms with Crippen LogP contribution in [0.15, 0.2) is 15.6 Å². The minimum absolute atomic E-state index is 0.169. The van der Waals surface area contributed by atoms with Gasteiger partial charge in [-0.15, -0.1) is 5.10 Å². The average Bonchev–Trinajstić information content (AvgIpc) is 2.88. The molecule has 0 aliphatic rings. The number of hydrogen-bond donors (Lipinski definition) is 2. The summed E-state index contributed by atoms with van der Waals surface area (Å²) in [6.45, 7) is 2.83. The summed E-state index contributed by atoms with van der Waals surface area (Å²) in [6.07, 6.45) is 1.62. The minimum atomic E-state index is -0.169. The zero-order chi connectivity index (χ0) is 13.1. The Balaban J connectivity index is 2.06. The Labute approximate surface area is 110 Å². The summed E-state index contributed by atoms with van der Waals surface area (Å²) in [5.41, 5.74) is 0. The normalized spacial score (nSPS) is 10.3. The third kappa shape index (κ3) is 3.14. The maximum Gasteiger partial charge on any atom is 0.223 e. The molecule has 9 heteroatoms. The van der Waals surface area contributed by atoms with Crippen LogP contribution in [0.3, 0.4) is 0 Å². The van der Waals surface area contributed by atoms with Gasteiger partial charge in [-0.1, -0.05) is 11.3 Å². The number of hydrogen-bond acceptors (Lipinski definition) is 7. The number of amides is 1. The van der Waals surface area contributed by atoms with E-state index in [0.717, 1.165) is 4.21 Å². The van der Waals surface area contributed by atoms with Gasteiger partial charge in [-0.25, -0.2) is 4.98 Å². The Morgan fingerprint density at radius 3 is 2.83 bits per heavy atom. The Hall–Kier alpha value is -1.74. The quantitative estimate of drug-likeness (QED) is 0.826. The molecule has 2 N–H and O–H groups in total. The van der Waals surface area contributed by atoms with Crippen LogP contribution in [0.1, 0.15) is 24.5 Å². The maximum absolute atomic E-state index is 11.0. The van der Waals surface area contributed by atoms with Crippen LogP contribution < -0.4 is 5.32 Å². The van der Waals surface area contributed by atoms with Crippen LogP contribution in [0, 0.1) is 0 Å². The third-order valence-corrected chi connectivity index (χ3v) is 3.64. The van der Waals surface area contributed by atoms with Crippen LogP contribution in [0.5, 0.6) is 0 Å². The van der Waals surface area contributed by atoms with Gasteiger partial charge in [-0.3, -0.25) is 14.7 Å².